The van der Waals surface area contributed by atoms with Crippen molar-refractivity contribution >= 4 is 11.9 Å². The van der Waals surface area contributed by atoms with Crippen molar-refractivity contribution in [3.05, 3.63) is 0 Å². The maximum absolute atomic E-state index is 3.21. The second-order valence-electron chi connectivity index (χ2n) is 1.53. The first kappa shape index (κ1) is 8.31. The van der Waals surface area contributed by atoms with Crippen LogP contribution >= 0.6 is 11.9 Å². The Kier molecular flexibility index (Phi) is 5.66. The van der Waals surface area contributed by atoms with Crippen LogP contribution in [0.15, 0.2) is 0 Å². The minimum Gasteiger partial charge on any atom is -0.260 e. The summed E-state index contributed by atoms with van der Waals surface area (Å²) in [7, 11) is 0. The second-order valence-corrected chi connectivity index (χ2v) is 2.39. The van der Waals surface area contributed by atoms with E-state index in [2.05, 4.69) is 11.6 Å². The minimum atomic E-state index is 0.829. The Morgan fingerprint density at radius 1 is 1.62 bits per heavy atom. The van der Waals surface area contributed by atoms with Crippen LogP contribution in [0.2, 0.25) is 0 Å². The smallest absolute Gasteiger partial charge is 0.0272 e. The highest BCUT2D eigenvalue weighted by Crippen LogP contribution is 2.13. The summed E-state index contributed by atoms with van der Waals surface area (Å²) in [6.07, 6.45) is 1.28. The molecule has 2 heteroatoms. The molecule has 1 N–H and O–H groups in total. The third-order valence-electron chi connectivity index (χ3n) is 1.03. The lowest BCUT2D eigenvalue weighted by Gasteiger charge is -2.24. The molecule has 1 nitrogen and oxygen atoms in total. The van der Waals surface area contributed by atoms with Gasteiger partial charge in [-0.15, -0.1) is 0 Å². The average molecular weight is 133 g/mol. The van der Waals surface area contributed by atoms with E-state index >= 15 is 0 Å². The molecule has 0 radical (unpaired) electrons. The fourth-order valence-corrected chi connectivity index (χ4v) is 1.21. The first-order chi connectivity index (χ1) is 3.93. The van der Waals surface area contributed by atoms with Crippen molar-refractivity contribution in [1.29, 1.82) is 0 Å². The average Bonchev–Trinajstić information content (AvgIpc) is 1.69. The summed E-state index contributed by atoms with van der Waals surface area (Å²) in [5, 5.41) is 0. The molecule has 0 aromatic heterocycles. The van der Waals surface area contributed by atoms with E-state index in [1.165, 1.54) is 12.2 Å². The Morgan fingerprint density at radius 3 is 2.12 bits per heavy atom. The maximum atomic E-state index is 3.21. The van der Waals surface area contributed by atoms with Crippen molar-refractivity contribution in [3.63, 3.8) is 0 Å². The first-order valence-electron chi connectivity index (χ1n) is 3.31. The Hall–Kier alpha value is 0.310. The first-order valence-corrected chi connectivity index (χ1v) is 4.29. The van der Waals surface area contributed by atoms with E-state index in [9.17, 15) is 0 Å². The fraction of sp³-hybridized carbons (Fsp3) is 1.00. The molecule has 0 aromatic rings. The van der Waals surface area contributed by atoms with Crippen LogP contribution in [0.4, 0.5) is 0 Å². The second kappa shape index (κ2) is 5.45. The van der Waals surface area contributed by atoms with Gasteiger partial charge >= 0.3 is 0 Å². The molecule has 0 aromatic carbocycles. The number of hydrogen-bond acceptors (Lipinski definition) is 2. The van der Waals surface area contributed by atoms with E-state index in [1.807, 2.05) is 25.8 Å². The molecule has 1 heterocycles. The van der Waals surface area contributed by atoms with Gasteiger partial charge in [0.1, 0.15) is 0 Å². The van der Waals surface area contributed by atoms with Crippen molar-refractivity contribution in [2.75, 3.05) is 5.75 Å². The van der Waals surface area contributed by atoms with Crippen molar-refractivity contribution in [2.24, 2.45) is 0 Å². The minimum absolute atomic E-state index is 0.829. The summed E-state index contributed by atoms with van der Waals surface area (Å²) in [6.45, 7) is 6.21. The lowest BCUT2D eigenvalue weighted by Crippen LogP contribution is -2.35. The third-order valence-corrected chi connectivity index (χ3v) is 2.10. The van der Waals surface area contributed by atoms with Crippen LogP contribution < -0.4 is 4.72 Å². The lowest BCUT2D eigenvalue weighted by molar-refractivity contribution is 0.639. The highest BCUT2D eigenvalue weighted by Gasteiger charge is 2.13. The Balaban J connectivity index is 0.000000222. The van der Waals surface area contributed by atoms with Gasteiger partial charge in [-0.1, -0.05) is 32.7 Å². The van der Waals surface area contributed by atoms with Crippen molar-refractivity contribution < 1.29 is 0 Å². The SMILES string of the molecule is CC.CCC1CSN1. The molecule has 1 aliphatic rings. The van der Waals surface area contributed by atoms with Crippen LogP contribution in [0.1, 0.15) is 27.2 Å². The van der Waals surface area contributed by atoms with E-state index in [1.54, 1.807) is 0 Å². The van der Waals surface area contributed by atoms with Gasteiger partial charge in [0.2, 0.25) is 0 Å². The van der Waals surface area contributed by atoms with Crippen LogP contribution in [0, 0.1) is 0 Å². The van der Waals surface area contributed by atoms with Gasteiger partial charge in [-0.3, -0.25) is 4.72 Å². The summed E-state index contributed by atoms with van der Waals surface area (Å²) in [6, 6.07) is 0.829. The van der Waals surface area contributed by atoms with Gasteiger partial charge in [-0.05, 0) is 6.42 Å². The van der Waals surface area contributed by atoms with Gasteiger partial charge in [-0.2, -0.15) is 0 Å². The van der Waals surface area contributed by atoms with Crippen molar-refractivity contribution in [3.8, 4) is 0 Å². The van der Waals surface area contributed by atoms with Gasteiger partial charge in [-0.25, -0.2) is 0 Å². The zero-order valence-corrected chi connectivity index (χ0v) is 6.72. The van der Waals surface area contributed by atoms with E-state index in [0.717, 1.165) is 6.04 Å². The summed E-state index contributed by atoms with van der Waals surface area (Å²) < 4.78 is 3.21. The molecule has 0 saturated carbocycles. The number of rotatable bonds is 1. The van der Waals surface area contributed by atoms with Gasteiger partial charge in [0.05, 0.1) is 0 Å². The number of nitrogens with one attached hydrogen (secondary N) is 1. The molecule has 1 rings (SSSR count). The van der Waals surface area contributed by atoms with Gasteiger partial charge < -0.3 is 0 Å². The Labute approximate surface area is 56.4 Å². The molecular formula is C6H15NS. The van der Waals surface area contributed by atoms with Crippen LogP contribution in [-0.2, 0) is 0 Å². The normalized spacial score (nSPS) is 25.1. The topological polar surface area (TPSA) is 12.0 Å². The predicted molar refractivity (Wildman–Crippen MR) is 41.0 cm³/mol. The molecule has 8 heavy (non-hydrogen) atoms. The molecule has 1 unspecified atom stereocenters. The van der Waals surface area contributed by atoms with Crippen molar-refractivity contribution in [1.82, 2.24) is 4.72 Å². The highest BCUT2D eigenvalue weighted by atomic mass is 32.2. The summed E-state index contributed by atoms with van der Waals surface area (Å²) in [5.41, 5.74) is 0. The van der Waals surface area contributed by atoms with Crippen LogP contribution in [0.3, 0.4) is 0 Å². The van der Waals surface area contributed by atoms with Gasteiger partial charge in [0.15, 0.2) is 0 Å². The molecular weight excluding hydrogens is 118 g/mol. The molecule has 0 bridgehead atoms. The van der Waals surface area contributed by atoms with Gasteiger partial charge in [0, 0.05) is 11.8 Å². The molecule has 0 aliphatic carbocycles. The molecule has 50 valence electrons. The largest absolute Gasteiger partial charge is 0.260 e. The quantitative estimate of drug-likeness (QED) is 0.549. The van der Waals surface area contributed by atoms with E-state index in [0.29, 0.717) is 0 Å². The highest BCUT2D eigenvalue weighted by molar-refractivity contribution is 7.98. The van der Waals surface area contributed by atoms with E-state index < -0.39 is 0 Å². The third kappa shape index (κ3) is 2.58. The van der Waals surface area contributed by atoms with Crippen LogP contribution in [0.25, 0.3) is 0 Å². The molecule has 1 saturated heterocycles. The summed E-state index contributed by atoms with van der Waals surface area (Å²) in [4.78, 5) is 0. The Morgan fingerprint density at radius 2 is 2.12 bits per heavy atom. The maximum Gasteiger partial charge on any atom is 0.0272 e. The summed E-state index contributed by atoms with van der Waals surface area (Å²) >= 11 is 1.82. The number of hydrogen-bond donors (Lipinski definition) is 1. The lowest BCUT2D eigenvalue weighted by atomic mass is 10.3. The standard InChI is InChI=1S/C4H9NS.C2H6/c1-2-4-3-6-5-4;1-2/h4-5H,2-3H2,1H3;1-2H3. The fourth-order valence-electron chi connectivity index (χ4n) is 0.402. The molecule has 1 fully saturated rings. The Bertz CT molecular complexity index is 41.0. The molecule has 1 aliphatic heterocycles. The zero-order valence-electron chi connectivity index (χ0n) is 5.90. The van der Waals surface area contributed by atoms with E-state index in [4.69, 9.17) is 0 Å². The molecule has 0 spiro atoms. The summed E-state index contributed by atoms with van der Waals surface area (Å²) in [5.74, 6) is 1.32. The molecule has 0 amide bonds. The van der Waals surface area contributed by atoms with Gasteiger partial charge in [0.25, 0.3) is 0 Å². The van der Waals surface area contributed by atoms with Crippen LogP contribution in [-0.4, -0.2) is 11.8 Å². The monoisotopic (exact) mass is 133 g/mol. The van der Waals surface area contributed by atoms with Crippen molar-refractivity contribution in [2.45, 2.75) is 33.2 Å². The van der Waals surface area contributed by atoms with E-state index in [-0.39, 0.29) is 0 Å². The van der Waals surface area contributed by atoms with Crippen LogP contribution in [0.5, 0.6) is 0 Å². The zero-order chi connectivity index (χ0) is 6.41. The predicted octanol–water partition coefficient (Wildman–Crippen LogP) is 2.04. The molecule has 1 atom stereocenters.